The van der Waals surface area contributed by atoms with E-state index in [4.69, 9.17) is 21.6 Å². The van der Waals surface area contributed by atoms with Gasteiger partial charge in [0.05, 0.1) is 10.4 Å². The van der Waals surface area contributed by atoms with Gasteiger partial charge in [-0.25, -0.2) is 19.9 Å². The van der Waals surface area contributed by atoms with Gasteiger partial charge in [0.2, 0.25) is 0 Å². The number of anilines is 1. The predicted molar refractivity (Wildman–Crippen MR) is 118 cm³/mol. The van der Waals surface area contributed by atoms with E-state index in [1.54, 1.807) is 18.6 Å². The Bertz CT molecular complexity index is 1270. The Labute approximate surface area is 182 Å². The van der Waals surface area contributed by atoms with Crippen molar-refractivity contribution in [3.63, 3.8) is 0 Å². The summed E-state index contributed by atoms with van der Waals surface area (Å²) in [5, 5.41) is 2.43. The van der Waals surface area contributed by atoms with Crippen LogP contribution in [0.4, 0.5) is 5.82 Å². The van der Waals surface area contributed by atoms with Crippen molar-refractivity contribution >= 4 is 51.4 Å². The Hall–Kier alpha value is -2.45. The van der Waals surface area contributed by atoms with Gasteiger partial charge in [0.1, 0.15) is 17.0 Å². The summed E-state index contributed by atoms with van der Waals surface area (Å²) in [5.74, 6) is 2.11. The smallest absolute Gasteiger partial charge is 0.196 e. The summed E-state index contributed by atoms with van der Waals surface area (Å²) < 4.78 is 0. The second-order valence-corrected chi connectivity index (χ2v) is 9.61. The van der Waals surface area contributed by atoms with E-state index in [1.165, 1.54) is 31.0 Å². The van der Waals surface area contributed by atoms with E-state index in [1.807, 2.05) is 6.07 Å². The molecule has 0 aromatic carbocycles. The molecule has 30 heavy (non-hydrogen) atoms. The van der Waals surface area contributed by atoms with Gasteiger partial charge in [-0.1, -0.05) is 18.5 Å². The van der Waals surface area contributed by atoms with Crippen LogP contribution in [-0.4, -0.2) is 43.0 Å². The van der Waals surface area contributed by atoms with Crippen molar-refractivity contribution in [2.24, 2.45) is 5.92 Å². The Morgan fingerprint density at radius 3 is 2.80 bits per heavy atom. The van der Waals surface area contributed by atoms with Crippen molar-refractivity contribution < 1.29 is 0 Å². The van der Waals surface area contributed by atoms with Gasteiger partial charge in [-0.05, 0) is 43.0 Å². The lowest BCUT2D eigenvalue weighted by atomic mass is 10.2. The van der Waals surface area contributed by atoms with Crippen molar-refractivity contribution in [3.8, 4) is 0 Å². The molecule has 0 bridgehead atoms. The van der Waals surface area contributed by atoms with Crippen molar-refractivity contribution in [3.05, 3.63) is 35.4 Å². The fraction of sp³-hybridized carbons (Fsp3) is 0.381. The molecule has 1 saturated carbocycles. The van der Waals surface area contributed by atoms with Crippen LogP contribution in [0.1, 0.15) is 37.8 Å². The maximum atomic E-state index is 6.82. The third kappa shape index (κ3) is 3.18. The zero-order valence-corrected chi connectivity index (χ0v) is 18.0. The van der Waals surface area contributed by atoms with E-state index in [-0.39, 0.29) is 0 Å². The van der Waals surface area contributed by atoms with Crippen LogP contribution in [-0.2, 0) is 0 Å². The third-order valence-electron chi connectivity index (χ3n) is 5.80. The third-order valence-corrected chi connectivity index (χ3v) is 7.01. The molecule has 7 nitrogen and oxygen atoms in total. The van der Waals surface area contributed by atoms with Gasteiger partial charge in [-0.3, -0.25) is 4.98 Å². The molecule has 6 rings (SSSR count). The Balaban J connectivity index is 1.45. The number of halogens is 1. The molecule has 1 atom stereocenters. The van der Waals surface area contributed by atoms with Crippen molar-refractivity contribution in [2.75, 3.05) is 18.0 Å². The van der Waals surface area contributed by atoms with E-state index in [9.17, 15) is 0 Å². The normalized spacial score (nSPS) is 19.3. The summed E-state index contributed by atoms with van der Waals surface area (Å²) in [6.45, 7) is 4.26. The monoisotopic (exact) mass is 437 g/mol. The first-order valence-corrected chi connectivity index (χ1v) is 11.4. The van der Waals surface area contributed by atoms with Crippen molar-refractivity contribution in [1.82, 2.24) is 29.9 Å². The summed E-state index contributed by atoms with van der Waals surface area (Å²) >= 11 is 8.31. The summed E-state index contributed by atoms with van der Waals surface area (Å²) in [4.78, 5) is 29.5. The van der Waals surface area contributed by atoms with E-state index in [2.05, 4.69) is 31.8 Å². The van der Waals surface area contributed by atoms with Crippen LogP contribution in [0, 0.1) is 5.92 Å². The number of pyridine rings is 1. The standard InChI is InChI=1S/C21H20ClN7S/c1-11-4-7-29(10-11)20-15-16(22)17(12-2-3-12)26-19(15)27-21(28-20)30-13-8-14-18(25-9-13)24-6-5-23-14/h5-6,8-9,11-12H,2-4,7,10H2,1H3,(H,26,27,28)/t11-/m1/s1. The first-order valence-electron chi connectivity index (χ1n) is 10.2. The van der Waals surface area contributed by atoms with Gasteiger partial charge in [0, 0.05) is 48.2 Å². The van der Waals surface area contributed by atoms with Gasteiger partial charge in [0.15, 0.2) is 10.8 Å². The molecule has 152 valence electrons. The number of nitrogens with one attached hydrogen (secondary N) is 1. The number of H-pyrrole nitrogens is 1. The molecular weight excluding hydrogens is 418 g/mol. The minimum atomic E-state index is 0.524. The van der Waals surface area contributed by atoms with Crippen LogP contribution in [0.15, 0.2) is 34.7 Å². The molecule has 9 heteroatoms. The SMILES string of the molecule is C[C@@H]1CCN(c2nc(Sc3cnc4nccnc4c3)nc3[nH]c(C4CC4)c(Cl)c23)C1. The Morgan fingerprint density at radius 2 is 2.00 bits per heavy atom. The lowest BCUT2D eigenvalue weighted by Gasteiger charge is -2.18. The average Bonchev–Trinajstić information content (AvgIpc) is 3.42. The van der Waals surface area contributed by atoms with Gasteiger partial charge in [-0.15, -0.1) is 0 Å². The topological polar surface area (TPSA) is 83.5 Å². The van der Waals surface area contributed by atoms with E-state index < -0.39 is 0 Å². The molecule has 0 radical (unpaired) electrons. The highest BCUT2D eigenvalue weighted by molar-refractivity contribution is 7.99. The van der Waals surface area contributed by atoms with Crippen LogP contribution in [0.5, 0.6) is 0 Å². The highest BCUT2D eigenvalue weighted by Crippen LogP contribution is 2.47. The maximum absolute atomic E-state index is 6.82. The molecule has 0 spiro atoms. The fourth-order valence-corrected chi connectivity index (χ4v) is 5.23. The van der Waals surface area contributed by atoms with Crippen LogP contribution in [0.2, 0.25) is 5.02 Å². The molecule has 2 fully saturated rings. The number of rotatable bonds is 4. The molecule has 4 aromatic heterocycles. The zero-order valence-electron chi connectivity index (χ0n) is 16.5. The lowest BCUT2D eigenvalue weighted by molar-refractivity contribution is 0.658. The van der Waals surface area contributed by atoms with Gasteiger partial charge < -0.3 is 9.88 Å². The minimum absolute atomic E-state index is 0.524. The molecular formula is C21H20ClN7S. The molecule has 1 N–H and O–H groups in total. The summed E-state index contributed by atoms with van der Waals surface area (Å²) in [6, 6.07) is 1.97. The van der Waals surface area contributed by atoms with Gasteiger partial charge in [-0.2, -0.15) is 0 Å². The number of fused-ring (bicyclic) bond motifs is 2. The molecule has 5 heterocycles. The quantitative estimate of drug-likeness (QED) is 0.458. The lowest BCUT2D eigenvalue weighted by Crippen LogP contribution is -2.21. The Morgan fingerprint density at radius 1 is 1.13 bits per heavy atom. The second-order valence-electron chi connectivity index (χ2n) is 8.19. The van der Waals surface area contributed by atoms with Crippen molar-refractivity contribution in [2.45, 2.75) is 42.2 Å². The number of nitrogens with zero attached hydrogens (tertiary/aromatic N) is 6. The predicted octanol–water partition coefficient (Wildman–Crippen LogP) is 4.82. The van der Waals surface area contributed by atoms with Crippen LogP contribution in [0.3, 0.4) is 0 Å². The molecule has 4 aromatic rings. The van der Waals surface area contributed by atoms with Crippen LogP contribution >= 0.6 is 23.4 Å². The molecule has 1 aliphatic carbocycles. The molecule has 1 aliphatic heterocycles. The molecule has 0 amide bonds. The number of hydrogen-bond acceptors (Lipinski definition) is 7. The van der Waals surface area contributed by atoms with Gasteiger partial charge >= 0.3 is 0 Å². The van der Waals surface area contributed by atoms with Gasteiger partial charge in [0.25, 0.3) is 0 Å². The first-order chi connectivity index (χ1) is 14.7. The average molecular weight is 438 g/mol. The highest BCUT2D eigenvalue weighted by Gasteiger charge is 2.32. The molecule has 1 saturated heterocycles. The first kappa shape index (κ1) is 18.3. The van der Waals surface area contributed by atoms with E-state index >= 15 is 0 Å². The van der Waals surface area contributed by atoms with Crippen LogP contribution in [0.25, 0.3) is 22.2 Å². The fourth-order valence-electron chi connectivity index (χ4n) is 4.09. The Kier molecular flexibility index (Phi) is 4.31. The van der Waals surface area contributed by atoms with Crippen LogP contribution < -0.4 is 4.90 Å². The van der Waals surface area contributed by atoms with E-state index in [0.29, 0.717) is 22.6 Å². The number of aromatic amines is 1. The van der Waals surface area contributed by atoms with Crippen molar-refractivity contribution in [1.29, 1.82) is 0 Å². The van der Waals surface area contributed by atoms with E-state index in [0.717, 1.165) is 51.1 Å². The molecule has 2 aliphatic rings. The minimum Gasteiger partial charge on any atom is -0.356 e. The summed E-state index contributed by atoms with van der Waals surface area (Å²) in [7, 11) is 0. The highest BCUT2D eigenvalue weighted by atomic mass is 35.5. The zero-order chi connectivity index (χ0) is 20.2. The number of hydrogen-bond donors (Lipinski definition) is 1. The summed E-state index contributed by atoms with van der Waals surface area (Å²) in [5.41, 5.74) is 3.33. The largest absolute Gasteiger partial charge is 0.356 e. The number of aromatic nitrogens is 6. The molecule has 0 unspecified atom stereocenters. The summed E-state index contributed by atoms with van der Waals surface area (Å²) in [6.07, 6.45) is 8.65. The maximum Gasteiger partial charge on any atom is 0.196 e. The second kappa shape index (κ2) is 7.06.